The molecule has 0 bridgehead atoms. The van der Waals surface area contributed by atoms with Crippen molar-refractivity contribution in [2.75, 3.05) is 5.73 Å². The van der Waals surface area contributed by atoms with Crippen molar-refractivity contribution in [1.82, 2.24) is 15.2 Å². The second-order valence-electron chi connectivity index (χ2n) is 4.23. The third kappa shape index (κ3) is 2.15. The summed E-state index contributed by atoms with van der Waals surface area (Å²) in [7, 11) is 0. The van der Waals surface area contributed by atoms with E-state index in [2.05, 4.69) is 15.2 Å². The minimum Gasteiger partial charge on any atom is -0.393 e. The predicted octanol–water partition coefficient (Wildman–Crippen LogP) is 2.09. The Labute approximate surface area is 103 Å². The van der Waals surface area contributed by atoms with Crippen LogP contribution >= 0.6 is 0 Å². The fourth-order valence-corrected chi connectivity index (χ4v) is 1.50. The molecule has 0 saturated heterocycles. The van der Waals surface area contributed by atoms with Crippen LogP contribution < -0.4 is 5.73 Å². The van der Waals surface area contributed by atoms with Gasteiger partial charge in [-0.25, -0.2) is 4.98 Å². The van der Waals surface area contributed by atoms with Gasteiger partial charge < -0.3 is 5.73 Å². The summed E-state index contributed by atoms with van der Waals surface area (Å²) in [5.41, 5.74) is 6.09. The lowest BCUT2D eigenvalue weighted by atomic mass is 10.1. The van der Waals surface area contributed by atoms with Gasteiger partial charge in [0.05, 0.1) is 4.92 Å². The lowest BCUT2D eigenvalue weighted by Gasteiger charge is -1.99. The highest BCUT2D eigenvalue weighted by molar-refractivity contribution is 5.68. The average molecular weight is 247 g/mol. The van der Waals surface area contributed by atoms with Gasteiger partial charge in [-0.2, -0.15) is 5.10 Å². The molecule has 0 aliphatic heterocycles. The SMILES string of the molecule is CC(C)c1nc(-c2ccc(N)c([N+](=O)[O-])c2)n[nH]1. The fourth-order valence-electron chi connectivity index (χ4n) is 1.50. The second-order valence-corrected chi connectivity index (χ2v) is 4.23. The van der Waals surface area contributed by atoms with Crippen molar-refractivity contribution in [2.24, 2.45) is 0 Å². The first-order chi connectivity index (χ1) is 8.49. The van der Waals surface area contributed by atoms with Gasteiger partial charge in [0.2, 0.25) is 0 Å². The lowest BCUT2D eigenvalue weighted by molar-refractivity contribution is -0.383. The van der Waals surface area contributed by atoms with E-state index in [1.807, 2.05) is 13.8 Å². The van der Waals surface area contributed by atoms with Gasteiger partial charge >= 0.3 is 0 Å². The molecule has 0 fully saturated rings. The largest absolute Gasteiger partial charge is 0.393 e. The zero-order valence-electron chi connectivity index (χ0n) is 10.0. The number of nitro groups is 1. The Balaban J connectivity index is 2.44. The van der Waals surface area contributed by atoms with Crippen LogP contribution in [0.15, 0.2) is 18.2 Å². The number of benzene rings is 1. The Bertz CT molecular complexity index is 591. The normalized spacial score (nSPS) is 10.8. The summed E-state index contributed by atoms with van der Waals surface area (Å²) in [6.45, 7) is 3.96. The first-order valence-corrected chi connectivity index (χ1v) is 5.45. The number of nitrogens with two attached hydrogens (primary N) is 1. The molecular weight excluding hydrogens is 234 g/mol. The quantitative estimate of drug-likeness (QED) is 0.490. The highest BCUT2D eigenvalue weighted by Gasteiger charge is 2.15. The first-order valence-electron chi connectivity index (χ1n) is 5.45. The third-order valence-corrected chi connectivity index (χ3v) is 2.53. The van der Waals surface area contributed by atoms with E-state index in [0.717, 1.165) is 5.82 Å². The van der Waals surface area contributed by atoms with Crippen LogP contribution in [0.1, 0.15) is 25.6 Å². The molecule has 94 valence electrons. The number of nitro benzene ring substituents is 1. The summed E-state index contributed by atoms with van der Waals surface area (Å²) >= 11 is 0. The van der Waals surface area contributed by atoms with Crippen LogP contribution in [0.5, 0.6) is 0 Å². The molecule has 0 radical (unpaired) electrons. The maximum absolute atomic E-state index is 10.8. The monoisotopic (exact) mass is 247 g/mol. The molecule has 1 aromatic heterocycles. The standard InChI is InChI=1S/C11H13N5O2/c1-6(2)10-13-11(15-14-10)7-3-4-8(12)9(5-7)16(17)18/h3-6H,12H2,1-2H3,(H,13,14,15). The number of nitrogens with one attached hydrogen (secondary N) is 1. The summed E-state index contributed by atoms with van der Waals surface area (Å²) < 4.78 is 0. The summed E-state index contributed by atoms with van der Waals surface area (Å²) in [6, 6.07) is 4.52. The van der Waals surface area contributed by atoms with Crippen LogP contribution in [0.25, 0.3) is 11.4 Å². The van der Waals surface area contributed by atoms with Gasteiger partial charge in [0.15, 0.2) is 5.82 Å². The van der Waals surface area contributed by atoms with Crippen LogP contribution in [0.4, 0.5) is 11.4 Å². The van der Waals surface area contributed by atoms with Gasteiger partial charge in [-0.1, -0.05) is 13.8 Å². The van der Waals surface area contributed by atoms with Gasteiger partial charge in [0.1, 0.15) is 11.5 Å². The Morgan fingerprint density at radius 2 is 2.17 bits per heavy atom. The first kappa shape index (κ1) is 12.0. The smallest absolute Gasteiger partial charge is 0.292 e. The molecule has 0 unspecified atom stereocenters. The minimum atomic E-state index is -0.519. The highest BCUT2D eigenvalue weighted by Crippen LogP contribution is 2.27. The van der Waals surface area contributed by atoms with Gasteiger partial charge in [0, 0.05) is 17.5 Å². The summed E-state index contributed by atoms with van der Waals surface area (Å²) in [4.78, 5) is 14.6. The van der Waals surface area contributed by atoms with Crippen LogP contribution in [0.2, 0.25) is 0 Å². The Kier molecular flexibility index (Phi) is 2.97. The molecule has 0 saturated carbocycles. The van der Waals surface area contributed by atoms with Crippen molar-refractivity contribution in [3.63, 3.8) is 0 Å². The molecule has 3 N–H and O–H groups in total. The van der Waals surface area contributed by atoms with Crippen molar-refractivity contribution in [3.05, 3.63) is 34.1 Å². The fraction of sp³-hybridized carbons (Fsp3) is 0.273. The molecule has 1 aromatic carbocycles. The van der Waals surface area contributed by atoms with E-state index in [1.165, 1.54) is 12.1 Å². The maximum atomic E-state index is 10.8. The zero-order chi connectivity index (χ0) is 13.3. The van der Waals surface area contributed by atoms with Crippen molar-refractivity contribution in [3.8, 4) is 11.4 Å². The number of anilines is 1. The number of aromatic amines is 1. The van der Waals surface area contributed by atoms with Crippen molar-refractivity contribution in [2.45, 2.75) is 19.8 Å². The molecule has 18 heavy (non-hydrogen) atoms. The highest BCUT2D eigenvalue weighted by atomic mass is 16.6. The van der Waals surface area contributed by atoms with E-state index in [1.54, 1.807) is 6.07 Å². The van der Waals surface area contributed by atoms with Gasteiger partial charge in [-0.3, -0.25) is 15.2 Å². The molecule has 0 spiro atoms. The molecule has 0 aliphatic rings. The van der Waals surface area contributed by atoms with E-state index >= 15 is 0 Å². The van der Waals surface area contributed by atoms with E-state index < -0.39 is 4.92 Å². The molecule has 2 aromatic rings. The van der Waals surface area contributed by atoms with Gasteiger partial charge in [-0.15, -0.1) is 0 Å². The summed E-state index contributed by atoms with van der Waals surface area (Å²) in [5.74, 6) is 1.39. The van der Waals surface area contributed by atoms with Crippen molar-refractivity contribution >= 4 is 11.4 Å². The lowest BCUT2D eigenvalue weighted by Crippen LogP contribution is -1.96. The van der Waals surface area contributed by atoms with Crippen molar-refractivity contribution in [1.29, 1.82) is 0 Å². The number of hydrogen-bond acceptors (Lipinski definition) is 5. The molecule has 7 nitrogen and oxygen atoms in total. The van der Waals surface area contributed by atoms with E-state index in [-0.39, 0.29) is 17.3 Å². The number of nitrogens with zero attached hydrogens (tertiary/aromatic N) is 3. The Hall–Kier alpha value is -2.44. The molecule has 0 aliphatic carbocycles. The van der Waals surface area contributed by atoms with E-state index in [9.17, 15) is 10.1 Å². The third-order valence-electron chi connectivity index (χ3n) is 2.53. The number of nitrogen functional groups attached to an aromatic ring is 1. The molecule has 2 rings (SSSR count). The number of hydrogen-bond donors (Lipinski definition) is 2. The predicted molar refractivity (Wildman–Crippen MR) is 67.0 cm³/mol. The van der Waals surface area contributed by atoms with Crippen LogP contribution in [-0.2, 0) is 0 Å². The van der Waals surface area contributed by atoms with Crippen LogP contribution in [0, 0.1) is 10.1 Å². The Morgan fingerprint density at radius 1 is 1.44 bits per heavy atom. The van der Waals surface area contributed by atoms with Crippen molar-refractivity contribution < 1.29 is 4.92 Å². The minimum absolute atomic E-state index is 0.128. The molecular formula is C11H13N5O2. The topological polar surface area (TPSA) is 111 Å². The molecule has 7 heteroatoms. The summed E-state index contributed by atoms with van der Waals surface area (Å²) in [5, 5.41) is 17.6. The maximum Gasteiger partial charge on any atom is 0.292 e. The Morgan fingerprint density at radius 3 is 2.72 bits per heavy atom. The zero-order valence-corrected chi connectivity index (χ0v) is 10.0. The van der Waals surface area contributed by atoms with E-state index in [4.69, 9.17) is 5.73 Å². The van der Waals surface area contributed by atoms with E-state index in [0.29, 0.717) is 11.4 Å². The average Bonchev–Trinajstić information content (AvgIpc) is 2.78. The summed E-state index contributed by atoms with van der Waals surface area (Å²) in [6.07, 6.45) is 0. The molecule has 0 amide bonds. The number of H-pyrrole nitrogens is 1. The van der Waals surface area contributed by atoms with Gasteiger partial charge in [0.25, 0.3) is 5.69 Å². The van der Waals surface area contributed by atoms with Crippen LogP contribution in [0.3, 0.4) is 0 Å². The van der Waals surface area contributed by atoms with Crippen LogP contribution in [-0.4, -0.2) is 20.1 Å². The second kappa shape index (κ2) is 4.44. The van der Waals surface area contributed by atoms with Gasteiger partial charge in [-0.05, 0) is 12.1 Å². The number of aromatic nitrogens is 3. The number of rotatable bonds is 3. The molecule has 1 heterocycles. The molecule has 0 atom stereocenters.